The van der Waals surface area contributed by atoms with Gasteiger partial charge in [0, 0.05) is 0 Å². The smallest absolute Gasteiger partial charge is 0.123 e. The zero-order valence-electron chi connectivity index (χ0n) is 10.1. The van der Waals surface area contributed by atoms with Crippen molar-refractivity contribution in [2.24, 2.45) is 5.73 Å². The van der Waals surface area contributed by atoms with Crippen LogP contribution in [0.3, 0.4) is 0 Å². The van der Waals surface area contributed by atoms with E-state index in [1.807, 2.05) is 38.1 Å². The van der Waals surface area contributed by atoms with Crippen molar-refractivity contribution in [1.82, 2.24) is 0 Å². The fraction of sp³-hybridized carbons (Fsp3) is 0.200. The lowest BCUT2D eigenvalue weighted by molar-refractivity contribution is 0.622. The van der Waals surface area contributed by atoms with Gasteiger partial charge in [-0.3, -0.25) is 0 Å². The Kier molecular flexibility index (Phi) is 3.25. The molecule has 2 aromatic rings. The molecule has 0 amide bonds. The molecule has 0 aliphatic rings. The van der Waals surface area contributed by atoms with E-state index in [0.717, 1.165) is 22.3 Å². The summed E-state index contributed by atoms with van der Waals surface area (Å²) >= 11 is 0. The van der Waals surface area contributed by atoms with Crippen LogP contribution in [0.25, 0.3) is 0 Å². The first-order valence-corrected chi connectivity index (χ1v) is 5.67. The third kappa shape index (κ3) is 2.37. The number of hydrogen-bond donors (Lipinski definition) is 1. The largest absolute Gasteiger partial charge is 0.320 e. The Morgan fingerprint density at radius 1 is 0.941 bits per heavy atom. The molecular weight excluding hydrogens is 213 g/mol. The van der Waals surface area contributed by atoms with Crippen molar-refractivity contribution in [3.05, 3.63) is 70.5 Å². The van der Waals surface area contributed by atoms with Crippen molar-refractivity contribution in [3.8, 4) is 0 Å². The van der Waals surface area contributed by atoms with Crippen molar-refractivity contribution in [3.63, 3.8) is 0 Å². The maximum Gasteiger partial charge on any atom is 0.123 e. The third-order valence-corrected chi connectivity index (χ3v) is 3.10. The maximum atomic E-state index is 13.3. The van der Waals surface area contributed by atoms with E-state index in [-0.39, 0.29) is 11.9 Å². The van der Waals surface area contributed by atoms with Gasteiger partial charge in [0.15, 0.2) is 0 Å². The summed E-state index contributed by atoms with van der Waals surface area (Å²) < 4.78 is 13.3. The molecule has 2 rings (SSSR count). The zero-order valence-corrected chi connectivity index (χ0v) is 10.1. The molecule has 1 nitrogen and oxygen atoms in total. The lowest BCUT2D eigenvalue weighted by Gasteiger charge is -2.17. The fourth-order valence-corrected chi connectivity index (χ4v) is 2.05. The Bertz CT molecular complexity index is 534. The second-order valence-electron chi connectivity index (χ2n) is 4.34. The Hall–Kier alpha value is -1.67. The molecule has 0 fully saturated rings. The highest BCUT2D eigenvalue weighted by Crippen LogP contribution is 2.25. The molecule has 1 atom stereocenters. The van der Waals surface area contributed by atoms with Crippen LogP contribution in [0.15, 0.2) is 42.5 Å². The summed E-state index contributed by atoms with van der Waals surface area (Å²) in [7, 11) is 0. The van der Waals surface area contributed by atoms with Crippen LogP contribution in [-0.2, 0) is 0 Å². The van der Waals surface area contributed by atoms with Crippen molar-refractivity contribution in [2.75, 3.05) is 0 Å². The van der Waals surface area contributed by atoms with Crippen molar-refractivity contribution >= 4 is 0 Å². The van der Waals surface area contributed by atoms with Gasteiger partial charge in [0.25, 0.3) is 0 Å². The highest BCUT2D eigenvalue weighted by molar-refractivity contribution is 5.39. The molecular formula is C15H16FN. The molecule has 2 N–H and O–H groups in total. The van der Waals surface area contributed by atoms with Crippen LogP contribution >= 0.6 is 0 Å². The van der Waals surface area contributed by atoms with Gasteiger partial charge in [0.1, 0.15) is 5.82 Å². The molecule has 2 heteroatoms. The summed E-state index contributed by atoms with van der Waals surface area (Å²) in [6.45, 7) is 3.97. The first kappa shape index (κ1) is 11.8. The number of rotatable bonds is 2. The van der Waals surface area contributed by atoms with Gasteiger partial charge in [0.2, 0.25) is 0 Å². The average molecular weight is 229 g/mol. The van der Waals surface area contributed by atoms with Crippen LogP contribution < -0.4 is 5.73 Å². The van der Waals surface area contributed by atoms with Gasteiger partial charge in [-0.1, -0.05) is 30.3 Å². The van der Waals surface area contributed by atoms with E-state index in [1.54, 1.807) is 6.07 Å². The van der Waals surface area contributed by atoms with E-state index in [4.69, 9.17) is 5.73 Å². The van der Waals surface area contributed by atoms with E-state index < -0.39 is 0 Å². The van der Waals surface area contributed by atoms with Gasteiger partial charge < -0.3 is 5.73 Å². The molecule has 0 aliphatic carbocycles. The zero-order chi connectivity index (χ0) is 12.4. The van der Waals surface area contributed by atoms with E-state index in [0.29, 0.717) is 0 Å². The van der Waals surface area contributed by atoms with Gasteiger partial charge in [-0.05, 0) is 48.2 Å². The molecule has 0 heterocycles. The molecule has 0 bridgehead atoms. The van der Waals surface area contributed by atoms with Crippen molar-refractivity contribution in [2.45, 2.75) is 19.9 Å². The molecule has 2 aromatic carbocycles. The molecule has 0 aliphatic heterocycles. The Labute approximate surface area is 101 Å². The predicted molar refractivity (Wildman–Crippen MR) is 68.3 cm³/mol. The van der Waals surface area contributed by atoms with Crippen LogP contribution in [0.2, 0.25) is 0 Å². The van der Waals surface area contributed by atoms with Crippen molar-refractivity contribution < 1.29 is 4.39 Å². The van der Waals surface area contributed by atoms with Gasteiger partial charge in [-0.2, -0.15) is 0 Å². The molecule has 0 saturated carbocycles. The number of aryl methyl sites for hydroxylation is 2. The summed E-state index contributed by atoms with van der Waals surface area (Å²) in [5.74, 6) is -0.241. The summed E-state index contributed by atoms with van der Waals surface area (Å²) in [5.41, 5.74) is 10.3. The third-order valence-electron chi connectivity index (χ3n) is 3.10. The highest BCUT2D eigenvalue weighted by Gasteiger charge is 2.13. The fourth-order valence-electron chi connectivity index (χ4n) is 2.05. The number of hydrogen-bond acceptors (Lipinski definition) is 1. The van der Waals surface area contributed by atoms with E-state index in [1.165, 1.54) is 12.1 Å². The minimum Gasteiger partial charge on any atom is -0.320 e. The maximum absolute atomic E-state index is 13.3. The van der Waals surface area contributed by atoms with Crippen LogP contribution in [0, 0.1) is 19.7 Å². The van der Waals surface area contributed by atoms with Gasteiger partial charge >= 0.3 is 0 Å². The van der Waals surface area contributed by atoms with Gasteiger partial charge in [-0.15, -0.1) is 0 Å². The Morgan fingerprint density at radius 3 is 2.29 bits per heavy atom. The lowest BCUT2D eigenvalue weighted by Crippen LogP contribution is -2.14. The van der Waals surface area contributed by atoms with Crippen molar-refractivity contribution in [1.29, 1.82) is 0 Å². The highest BCUT2D eigenvalue weighted by atomic mass is 19.1. The second kappa shape index (κ2) is 4.68. The minimum absolute atomic E-state index is 0.241. The number of nitrogens with two attached hydrogens (primary N) is 1. The second-order valence-corrected chi connectivity index (χ2v) is 4.34. The Morgan fingerprint density at radius 2 is 1.59 bits per heavy atom. The standard InChI is InChI=1S/C15H16FN/c1-10-5-3-4-6-13(10)15(17)14-9-12(16)8-7-11(14)2/h3-9,15H,17H2,1-2H3. The van der Waals surface area contributed by atoms with E-state index in [2.05, 4.69) is 0 Å². The summed E-state index contributed by atoms with van der Waals surface area (Å²) in [6.07, 6.45) is 0. The minimum atomic E-state index is -0.271. The predicted octanol–water partition coefficient (Wildman–Crippen LogP) is 3.49. The normalized spacial score (nSPS) is 12.5. The van der Waals surface area contributed by atoms with E-state index in [9.17, 15) is 4.39 Å². The van der Waals surface area contributed by atoms with Crippen LogP contribution in [0.4, 0.5) is 4.39 Å². The number of halogens is 1. The molecule has 0 spiro atoms. The van der Waals surface area contributed by atoms with E-state index >= 15 is 0 Å². The molecule has 88 valence electrons. The van der Waals surface area contributed by atoms with Crippen LogP contribution in [0.5, 0.6) is 0 Å². The molecule has 0 saturated heterocycles. The first-order chi connectivity index (χ1) is 8.09. The molecule has 0 aromatic heterocycles. The lowest BCUT2D eigenvalue weighted by atomic mass is 9.93. The SMILES string of the molecule is Cc1ccccc1C(N)c1cc(F)ccc1C. The van der Waals surface area contributed by atoms with Crippen LogP contribution in [-0.4, -0.2) is 0 Å². The number of benzene rings is 2. The first-order valence-electron chi connectivity index (χ1n) is 5.67. The van der Waals surface area contributed by atoms with Gasteiger partial charge in [0.05, 0.1) is 6.04 Å². The Balaban J connectivity index is 2.47. The van der Waals surface area contributed by atoms with Crippen LogP contribution in [0.1, 0.15) is 28.3 Å². The average Bonchev–Trinajstić information content (AvgIpc) is 2.32. The summed E-state index contributed by atoms with van der Waals surface area (Å²) in [4.78, 5) is 0. The van der Waals surface area contributed by atoms with Gasteiger partial charge in [-0.25, -0.2) is 4.39 Å². The molecule has 1 unspecified atom stereocenters. The topological polar surface area (TPSA) is 26.0 Å². The quantitative estimate of drug-likeness (QED) is 0.838. The molecule has 0 radical (unpaired) electrons. The monoisotopic (exact) mass is 229 g/mol. The summed E-state index contributed by atoms with van der Waals surface area (Å²) in [5, 5.41) is 0. The molecule has 17 heavy (non-hydrogen) atoms. The summed E-state index contributed by atoms with van der Waals surface area (Å²) in [6, 6.07) is 12.4.